The van der Waals surface area contributed by atoms with Gasteiger partial charge in [0.25, 0.3) is 0 Å². The second-order valence-electron chi connectivity index (χ2n) is 5.25. The van der Waals surface area contributed by atoms with Crippen LogP contribution in [0.15, 0.2) is 24.4 Å². The molecular formula is C16H20N2O2. The van der Waals surface area contributed by atoms with E-state index in [1.54, 1.807) is 10.9 Å². The van der Waals surface area contributed by atoms with Gasteiger partial charge in [-0.25, -0.2) is 4.79 Å². The molecule has 0 bridgehead atoms. The first-order chi connectivity index (χ1) is 9.43. The minimum Gasteiger partial charge on any atom is -0.478 e. The van der Waals surface area contributed by atoms with E-state index in [4.69, 9.17) is 0 Å². The molecule has 0 saturated heterocycles. The van der Waals surface area contributed by atoms with Crippen molar-refractivity contribution in [3.05, 3.63) is 41.1 Å². The molecule has 1 aromatic carbocycles. The number of carboxylic acid groups (broad SMARTS) is 1. The molecule has 0 aliphatic carbocycles. The summed E-state index contributed by atoms with van der Waals surface area (Å²) in [5, 5.41) is 13.9. The molecule has 0 spiro atoms. The number of aryl methyl sites for hydroxylation is 2. The first kappa shape index (κ1) is 14.3. The Bertz CT molecular complexity index is 644. The van der Waals surface area contributed by atoms with Crippen molar-refractivity contribution < 1.29 is 9.90 Å². The lowest BCUT2D eigenvalue weighted by atomic mass is 10.0. The number of rotatable bonds is 4. The highest BCUT2D eigenvalue weighted by Crippen LogP contribution is 2.27. The maximum absolute atomic E-state index is 11.4. The van der Waals surface area contributed by atoms with Crippen molar-refractivity contribution in [3.8, 4) is 11.3 Å². The van der Waals surface area contributed by atoms with Crippen LogP contribution < -0.4 is 0 Å². The van der Waals surface area contributed by atoms with Gasteiger partial charge in [0.1, 0.15) is 11.3 Å². The summed E-state index contributed by atoms with van der Waals surface area (Å²) >= 11 is 0. The van der Waals surface area contributed by atoms with Gasteiger partial charge in [0.05, 0.1) is 0 Å². The summed E-state index contributed by atoms with van der Waals surface area (Å²) in [5.74, 6) is -0.936. The third-order valence-electron chi connectivity index (χ3n) is 3.64. The second kappa shape index (κ2) is 5.49. The van der Waals surface area contributed by atoms with Gasteiger partial charge in [-0.2, -0.15) is 5.10 Å². The quantitative estimate of drug-likeness (QED) is 0.920. The zero-order valence-electron chi connectivity index (χ0n) is 12.3. The van der Waals surface area contributed by atoms with Gasteiger partial charge in [0.2, 0.25) is 0 Å². The Kier molecular flexibility index (Phi) is 3.93. The van der Waals surface area contributed by atoms with Crippen LogP contribution in [-0.4, -0.2) is 20.9 Å². The van der Waals surface area contributed by atoms with E-state index in [0.717, 1.165) is 23.1 Å². The molecular weight excluding hydrogens is 252 g/mol. The number of benzene rings is 1. The average Bonchev–Trinajstić information content (AvgIpc) is 2.82. The monoisotopic (exact) mass is 272 g/mol. The molecule has 0 amide bonds. The number of aromatic nitrogens is 2. The van der Waals surface area contributed by atoms with Crippen LogP contribution in [0.1, 0.15) is 47.8 Å². The van der Waals surface area contributed by atoms with Crippen molar-refractivity contribution in [2.24, 2.45) is 0 Å². The molecule has 0 fully saturated rings. The predicted octanol–water partition coefficient (Wildman–Crippen LogP) is 3.84. The van der Waals surface area contributed by atoms with Crippen molar-refractivity contribution >= 4 is 5.97 Å². The summed E-state index contributed by atoms with van der Waals surface area (Å²) in [6.07, 6.45) is 2.54. The number of aromatic carboxylic acids is 1. The zero-order valence-corrected chi connectivity index (χ0v) is 12.3. The van der Waals surface area contributed by atoms with E-state index in [1.165, 1.54) is 0 Å². The molecule has 0 aliphatic heterocycles. The zero-order chi connectivity index (χ0) is 14.9. The molecule has 20 heavy (non-hydrogen) atoms. The van der Waals surface area contributed by atoms with E-state index >= 15 is 0 Å². The minimum atomic E-state index is -0.936. The summed E-state index contributed by atoms with van der Waals surface area (Å²) in [6, 6.07) is 6.16. The fraction of sp³-hybridized carbons (Fsp3) is 0.375. The van der Waals surface area contributed by atoms with Crippen LogP contribution in [0, 0.1) is 13.8 Å². The van der Waals surface area contributed by atoms with Crippen LogP contribution in [0.25, 0.3) is 11.3 Å². The molecule has 2 aromatic rings. The lowest BCUT2D eigenvalue weighted by Gasteiger charge is -2.08. The van der Waals surface area contributed by atoms with Crippen molar-refractivity contribution in [2.45, 2.75) is 40.2 Å². The maximum Gasteiger partial charge on any atom is 0.339 e. The van der Waals surface area contributed by atoms with Gasteiger partial charge in [0, 0.05) is 17.8 Å². The van der Waals surface area contributed by atoms with Crippen LogP contribution in [0.5, 0.6) is 0 Å². The lowest BCUT2D eigenvalue weighted by molar-refractivity contribution is 0.0697. The molecule has 2 rings (SSSR count). The normalized spacial score (nSPS) is 12.4. The molecule has 1 heterocycles. The molecule has 4 heteroatoms. The molecule has 106 valence electrons. The lowest BCUT2D eigenvalue weighted by Crippen LogP contribution is -2.04. The van der Waals surface area contributed by atoms with Gasteiger partial charge in [0.15, 0.2) is 0 Å². The average molecular weight is 272 g/mol. The fourth-order valence-corrected chi connectivity index (χ4v) is 2.24. The number of hydrogen-bond acceptors (Lipinski definition) is 2. The van der Waals surface area contributed by atoms with Gasteiger partial charge < -0.3 is 5.11 Å². The van der Waals surface area contributed by atoms with Crippen LogP contribution in [-0.2, 0) is 0 Å². The Hall–Kier alpha value is -2.10. The fourth-order valence-electron chi connectivity index (χ4n) is 2.24. The predicted molar refractivity (Wildman–Crippen MR) is 79.1 cm³/mol. The summed E-state index contributed by atoms with van der Waals surface area (Å²) in [6.45, 7) is 8.09. The van der Waals surface area contributed by atoms with E-state index in [1.807, 2.05) is 39.0 Å². The summed E-state index contributed by atoms with van der Waals surface area (Å²) in [7, 11) is 0. The molecule has 1 unspecified atom stereocenters. The van der Waals surface area contributed by atoms with E-state index in [2.05, 4.69) is 12.0 Å². The number of carbonyl (C=O) groups is 1. The Balaban J connectivity index is 2.60. The van der Waals surface area contributed by atoms with E-state index in [-0.39, 0.29) is 11.6 Å². The smallest absolute Gasteiger partial charge is 0.339 e. The molecule has 0 aliphatic rings. The minimum absolute atomic E-state index is 0.188. The van der Waals surface area contributed by atoms with Crippen molar-refractivity contribution in [2.75, 3.05) is 0 Å². The second-order valence-corrected chi connectivity index (χ2v) is 5.25. The highest BCUT2D eigenvalue weighted by Gasteiger charge is 2.19. The molecule has 1 N–H and O–H groups in total. The number of nitrogens with zero attached hydrogens (tertiary/aromatic N) is 2. The standard InChI is InChI=1S/C16H20N2O2/c1-5-12(4)18-9-14(16(19)20)15(17-18)13-7-6-10(2)8-11(13)3/h6-9,12H,5H2,1-4H3,(H,19,20). The Morgan fingerprint density at radius 3 is 2.65 bits per heavy atom. The SMILES string of the molecule is CCC(C)n1cc(C(=O)O)c(-c2ccc(C)cc2C)n1. The topological polar surface area (TPSA) is 55.1 Å². The van der Waals surface area contributed by atoms with Crippen LogP contribution in [0.3, 0.4) is 0 Å². The van der Waals surface area contributed by atoms with Gasteiger partial charge >= 0.3 is 5.97 Å². The summed E-state index contributed by atoms with van der Waals surface area (Å²) < 4.78 is 1.75. The van der Waals surface area contributed by atoms with Gasteiger partial charge in [-0.15, -0.1) is 0 Å². The Labute approximate surface area is 119 Å². The molecule has 1 aromatic heterocycles. The first-order valence-corrected chi connectivity index (χ1v) is 6.84. The first-order valence-electron chi connectivity index (χ1n) is 6.84. The van der Waals surface area contributed by atoms with Crippen molar-refractivity contribution in [1.29, 1.82) is 0 Å². The Morgan fingerprint density at radius 1 is 1.40 bits per heavy atom. The third kappa shape index (κ3) is 2.59. The molecule has 0 radical (unpaired) electrons. The van der Waals surface area contributed by atoms with Crippen LogP contribution in [0.2, 0.25) is 0 Å². The molecule has 1 atom stereocenters. The third-order valence-corrected chi connectivity index (χ3v) is 3.64. The summed E-state index contributed by atoms with van der Waals surface area (Å²) in [5.41, 5.74) is 3.90. The molecule has 0 saturated carbocycles. The highest BCUT2D eigenvalue weighted by molar-refractivity contribution is 5.95. The van der Waals surface area contributed by atoms with Crippen molar-refractivity contribution in [1.82, 2.24) is 9.78 Å². The summed E-state index contributed by atoms with van der Waals surface area (Å²) in [4.78, 5) is 11.4. The van der Waals surface area contributed by atoms with E-state index in [0.29, 0.717) is 5.69 Å². The largest absolute Gasteiger partial charge is 0.478 e. The molecule has 4 nitrogen and oxygen atoms in total. The van der Waals surface area contributed by atoms with Crippen molar-refractivity contribution in [3.63, 3.8) is 0 Å². The maximum atomic E-state index is 11.4. The number of hydrogen-bond donors (Lipinski definition) is 1. The van der Waals surface area contributed by atoms with E-state index in [9.17, 15) is 9.90 Å². The number of carboxylic acids is 1. The van der Waals surface area contributed by atoms with Gasteiger partial charge in [-0.3, -0.25) is 4.68 Å². The van der Waals surface area contributed by atoms with Crippen LogP contribution >= 0.6 is 0 Å². The van der Waals surface area contributed by atoms with Gasteiger partial charge in [-0.1, -0.05) is 30.7 Å². The van der Waals surface area contributed by atoms with Gasteiger partial charge in [-0.05, 0) is 32.8 Å². The highest BCUT2D eigenvalue weighted by atomic mass is 16.4. The van der Waals surface area contributed by atoms with E-state index < -0.39 is 5.97 Å². The van der Waals surface area contributed by atoms with Crippen LogP contribution in [0.4, 0.5) is 0 Å². The Morgan fingerprint density at radius 2 is 2.10 bits per heavy atom.